The van der Waals surface area contributed by atoms with Crippen molar-refractivity contribution in [2.45, 2.75) is 66.6 Å². The molecule has 1 atom stereocenters. The van der Waals surface area contributed by atoms with Crippen molar-refractivity contribution < 1.29 is 9.31 Å². The van der Waals surface area contributed by atoms with E-state index in [9.17, 15) is 0 Å². The molecule has 20 heavy (non-hydrogen) atoms. The first-order chi connectivity index (χ1) is 9.19. The van der Waals surface area contributed by atoms with Crippen molar-refractivity contribution in [2.24, 2.45) is 0 Å². The van der Waals surface area contributed by atoms with Gasteiger partial charge in [0.2, 0.25) is 0 Å². The lowest BCUT2D eigenvalue weighted by atomic mass is 9.77. The highest BCUT2D eigenvalue weighted by atomic mass is 127. The molecule has 1 unspecified atom stereocenters. The van der Waals surface area contributed by atoms with Crippen molar-refractivity contribution in [3.63, 3.8) is 0 Å². The second-order valence-corrected chi connectivity index (χ2v) is 7.71. The number of hydrogen-bond acceptors (Lipinski definition) is 3. The summed E-state index contributed by atoms with van der Waals surface area (Å²) in [5, 5.41) is 4.53. The van der Waals surface area contributed by atoms with Gasteiger partial charge in [0.1, 0.15) is 0 Å². The molecule has 0 spiro atoms. The van der Waals surface area contributed by atoms with Gasteiger partial charge < -0.3 is 9.31 Å². The Kier molecular flexibility index (Phi) is 6.10. The Morgan fingerprint density at radius 2 is 1.55 bits per heavy atom. The molecule has 2 rings (SSSR count). The highest BCUT2D eigenvalue weighted by Crippen LogP contribution is 2.37. The second-order valence-electron chi connectivity index (χ2n) is 5.67. The predicted molar refractivity (Wildman–Crippen MR) is 96.5 cm³/mol. The van der Waals surface area contributed by atoms with Gasteiger partial charge in [-0.2, -0.15) is 5.10 Å². The van der Waals surface area contributed by atoms with Crippen LogP contribution < -0.4 is 5.46 Å². The molecule has 0 radical (unpaired) electrons. The zero-order valence-corrected chi connectivity index (χ0v) is 16.8. The smallest absolute Gasteiger partial charge is 0.399 e. The van der Waals surface area contributed by atoms with Crippen molar-refractivity contribution in [3.8, 4) is 0 Å². The van der Waals surface area contributed by atoms with Crippen LogP contribution in [0.4, 0.5) is 0 Å². The van der Waals surface area contributed by atoms with Crippen molar-refractivity contribution in [2.75, 3.05) is 0 Å². The zero-order valence-electron chi connectivity index (χ0n) is 13.7. The summed E-state index contributed by atoms with van der Waals surface area (Å²) in [6.45, 7) is 16.4. The first-order valence-electron chi connectivity index (χ1n) is 6.98. The SMILES string of the molecule is CC.Cc1nn(PI)c(C)c1B1OC(C)(C)C(C)(C)O1. The van der Waals surface area contributed by atoms with Crippen molar-refractivity contribution in [1.29, 1.82) is 0 Å². The quantitative estimate of drug-likeness (QED) is 0.425. The minimum Gasteiger partial charge on any atom is -0.399 e. The van der Waals surface area contributed by atoms with E-state index in [1.807, 2.05) is 25.2 Å². The topological polar surface area (TPSA) is 36.3 Å². The van der Waals surface area contributed by atoms with E-state index in [4.69, 9.17) is 9.31 Å². The summed E-state index contributed by atoms with van der Waals surface area (Å²) in [6, 6.07) is 0. The maximum Gasteiger partial charge on any atom is 0.498 e. The monoisotopic (exact) mass is 410 g/mol. The van der Waals surface area contributed by atoms with Crippen molar-refractivity contribution >= 4 is 41.0 Å². The Morgan fingerprint density at radius 3 is 1.90 bits per heavy atom. The molecule has 0 amide bonds. The molecule has 0 aromatic carbocycles. The molecule has 1 aliphatic heterocycles. The number of halogens is 1. The number of hydrogen-bond donors (Lipinski definition) is 0. The predicted octanol–water partition coefficient (Wildman–Crippen LogP) is 3.62. The van der Waals surface area contributed by atoms with Gasteiger partial charge in [0, 0.05) is 11.2 Å². The van der Waals surface area contributed by atoms with Gasteiger partial charge in [-0.3, -0.25) is 0 Å². The third-order valence-corrected chi connectivity index (χ3v) is 5.88. The van der Waals surface area contributed by atoms with Gasteiger partial charge in [0.25, 0.3) is 0 Å². The summed E-state index contributed by atoms with van der Waals surface area (Å²) in [6.07, 6.45) is 0.599. The van der Waals surface area contributed by atoms with Gasteiger partial charge in [-0.15, -0.1) is 0 Å². The lowest BCUT2D eigenvalue weighted by molar-refractivity contribution is 0.00578. The molecular formula is C13H25BIN2O2P. The van der Waals surface area contributed by atoms with Gasteiger partial charge in [0.15, 0.2) is 0 Å². The molecule has 1 aromatic heterocycles. The maximum atomic E-state index is 6.09. The van der Waals surface area contributed by atoms with Crippen molar-refractivity contribution in [3.05, 3.63) is 11.4 Å². The summed E-state index contributed by atoms with van der Waals surface area (Å²) >= 11 is 2.33. The standard InChI is InChI=1S/C11H19BIN2O2P.C2H6/c1-7-9(8(2)15(14-7)18-13)12-16-10(3,4)11(5,6)17-12;1-2/h18H,1-6H3;1-2H3. The average Bonchev–Trinajstić information content (AvgIpc) is 2.75. The number of rotatable bonds is 2. The van der Waals surface area contributed by atoms with Gasteiger partial charge in [0.05, 0.1) is 23.3 Å². The average molecular weight is 410 g/mol. The molecule has 1 aromatic rings. The zero-order chi connectivity index (χ0) is 15.7. The van der Waals surface area contributed by atoms with Crippen LogP contribution in [0.1, 0.15) is 52.9 Å². The lowest BCUT2D eigenvalue weighted by Crippen LogP contribution is -2.41. The Balaban J connectivity index is 0.000000956. The Bertz CT molecular complexity index is 461. The summed E-state index contributed by atoms with van der Waals surface area (Å²) in [7, 11) is -0.309. The third-order valence-electron chi connectivity index (χ3n) is 3.92. The molecular weight excluding hydrogens is 385 g/mol. The van der Waals surface area contributed by atoms with E-state index in [1.54, 1.807) is 0 Å². The molecule has 114 valence electrons. The molecule has 0 saturated carbocycles. The molecule has 0 bridgehead atoms. The third kappa shape index (κ3) is 3.23. The van der Waals surface area contributed by atoms with E-state index < -0.39 is 0 Å². The molecule has 1 fully saturated rings. The number of aryl methyl sites for hydroxylation is 1. The minimum atomic E-state index is -0.309. The largest absolute Gasteiger partial charge is 0.498 e. The summed E-state index contributed by atoms with van der Waals surface area (Å²) in [5.74, 6) is 0. The number of aromatic nitrogens is 2. The van der Waals surface area contributed by atoms with Crippen LogP contribution in [0.25, 0.3) is 0 Å². The first kappa shape index (κ1) is 18.4. The van der Waals surface area contributed by atoms with Crippen molar-refractivity contribution in [1.82, 2.24) is 9.55 Å². The van der Waals surface area contributed by atoms with Crippen LogP contribution in [-0.4, -0.2) is 27.9 Å². The molecule has 7 heteroatoms. The highest BCUT2D eigenvalue weighted by molar-refractivity contribution is 14.2. The Morgan fingerprint density at radius 1 is 1.10 bits per heavy atom. The van der Waals surface area contributed by atoms with E-state index in [0.29, 0.717) is 6.37 Å². The summed E-state index contributed by atoms with van der Waals surface area (Å²) in [5.41, 5.74) is 2.61. The van der Waals surface area contributed by atoms with E-state index in [2.05, 4.69) is 61.8 Å². The Labute approximate surface area is 137 Å². The minimum absolute atomic E-state index is 0.300. The molecule has 1 saturated heterocycles. The fourth-order valence-electron chi connectivity index (χ4n) is 2.04. The Hall–Kier alpha value is 0.355. The van der Waals surface area contributed by atoms with Gasteiger partial charge in [-0.25, -0.2) is 4.45 Å². The van der Waals surface area contributed by atoms with Gasteiger partial charge in [-0.1, -0.05) is 13.8 Å². The van der Waals surface area contributed by atoms with E-state index in [-0.39, 0.29) is 18.3 Å². The number of nitrogens with zero attached hydrogens (tertiary/aromatic N) is 2. The molecule has 4 nitrogen and oxygen atoms in total. The molecule has 0 N–H and O–H groups in total. The van der Waals surface area contributed by atoms with E-state index >= 15 is 0 Å². The lowest BCUT2D eigenvalue weighted by Gasteiger charge is -2.32. The highest BCUT2D eigenvalue weighted by Gasteiger charge is 2.53. The maximum absolute atomic E-state index is 6.09. The van der Waals surface area contributed by atoms with Crippen LogP contribution in [0, 0.1) is 13.8 Å². The fourth-order valence-corrected chi connectivity index (χ4v) is 3.88. The summed E-state index contributed by atoms with van der Waals surface area (Å²) < 4.78 is 14.2. The van der Waals surface area contributed by atoms with Gasteiger partial charge >= 0.3 is 7.12 Å². The normalized spacial score (nSPS) is 20.4. The van der Waals surface area contributed by atoms with Gasteiger partial charge in [-0.05, 0) is 63.6 Å². The van der Waals surface area contributed by atoms with Crippen LogP contribution in [0.15, 0.2) is 0 Å². The fraction of sp³-hybridized carbons (Fsp3) is 0.769. The second kappa shape index (κ2) is 6.63. The summed E-state index contributed by atoms with van der Waals surface area (Å²) in [4.78, 5) is 0. The first-order valence-corrected chi connectivity index (χ1v) is 11.0. The van der Waals surface area contributed by atoms with Crippen LogP contribution in [0.2, 0.25) is 0 Å². The molecule has 1 aliphatic rings. The van der Waals surface area contributed by atoms with Crippen LogP contribution in [0.5, 0.6) is 0 Å². The molecule has 2 heterocycles. The van der Waals surface area contributed by atoms with E-state index in [1.165, 1.54) is 0 Å². The van der Waals surface area contributed by atoms with Crippen LogP contribution in [-0.2, 0) is 9.31 Å². The van der Waals surface area contributed by atoms with Crippen LogP contribution >= 0.6 is 28.4 Å². The van der Waals surface area contributed by atoms with E-state index in [0.717, 1.165) is 16.9 Å². The van der Waals surface area contributed by atoms with Crippen LogP contribution in [0.3, 0.4) is 0 Å². The molecule has 0 aliphatic carbocycles.